The van der Waals surface area contributed by atoms with Gasteiger partial charge in [0.15, 0.2) is 0 Å². The van der Waals surface area contributed by atoms with E-state index >= 15 is 0 Å². The Hall–Kier alpha value is -3.18. The number of carbonyl (C=O) groups excluding carboxylic acids is 1. The van der Waals surface area contributed by atoms with E-state index in [1.54, 1.807) is 24.3 Å². The lowest BCUT2D eigenvalue weighted by molar-refractivity contribution is 0.208. The molecule has 1 N–H and O–H groups in total. The highest BCUT2D eigenvalue weighted by Crippen LogP contribution is 2.42. The van der Waals surface area contributed by atoms with Crippen LogP contribution in [0.1, 0.15) is 61.4 Å². The Labute approximate surface area is 210 Å². The van der Waals surface area contributed by atoms with Crippen LogP contribution in [0.4, 0.5) is 16.3 Å². The molecule has 2 aromatic heterocycles. The Kier molecular flexibility index (Phi) is 6.61. The maximum absolute atomic E-state index is 12.8. The Morgan fingerprint density at radius 1 is 1.23 bits per heavy atom. The fourth-order valence-electron chi connectivity index (χ4n) is 4.92. The minimum Gasteiger partial charge on any atom is -0.352 e. The Morgan fingerprint density at radius 3 is 2.66 bits per heavy atom. The summed E-state index contributed by atoms with van der Waals surface area (Å²) in [4.78, 5) is 29.8. The number of anilines is 2. The van der Waals surface area contributed by atoms with Crippen LogP contribution in [0.2, 0.25) is 0 Å². The lowest BCUT2D eigenvalue weighted by Gasteiger charge is -2.36. The third-order valence-corrected chi connectivity index (χ3v) is 8.49. The highest BCUT2D eigenvalue weighted by molar-refractivity contribution is 7.19. The Bertz CT molecular complexity index is 1270. The van der Waals surface area contributed by atoms with Crippen LogP contribution in [-0.2, 0) is 12.8 Å². The zero-order valence-corrected chi connectivity index (χ0v) is 21.5. The van der Waals surface area contributed by atoms with Crippen LogP contribution in [0.3, 0.4) is 0 Å². The molecule has 0 spiro atoms. The van der Waals surface area contributed by atoms with Crippen molar-refractivity contribution in [1.82, 2.24) is 14.9 Å². The van der Waals surface area contributed by atoms with E-state index in [0.29, 0.717) is 30.3 Å². The molecule has 0 radical (unpaired) electrons. The molecule has 8 heteroatoms. The van der Waals surface area contributed by atoms with Crippen molar-refractivity contribution in [3.63, 3.8) is 0 Å². The molecule has 182 valence electrons. The van der Waals surface area contributed by atoms with E-state index in [2.05, 4.69) is 37.1 Å². The lowest BCUT2D eigenvalue weighted by Crippen LogP contribution is -2.50. The third kappa shape index (κ3) is 4.70. The second-order valence-corrected chi connectivity index (χ2v) is 10.9. The van der Waals surface area contributed by atoms with Crippen molar-refractivity contribution in [2.75, 3.05) is 36.4 Å². The van der Waals surface area contributed by atoms with Crippen molar-refractivity contribution in [1.29, 1.82) is 5.26 Å². The topological polar surface area (TPSA) is 85.2 Å². The van der Waals surface area contributed by atoms with Gasteiger partial charge in [-0.25, -0.2) is 14.8 Å². The standard InChI is InChI=1S/C27H32N6OS/c1-4-18(3)24-30-25(23-21-10-5-17(2)15-22(21)35-26(23)31-24)32-11-13-33(14-12-32)27(34)29-20-8-6-19(16-28)7-9-20/h6-9,17-18H,4-5,10-15H2,1-3H3,(H,29,34)/t17-,18-/m0/s1. The molecule has 0 bridgehead atoms. The minimum atomic E-state index is -0.107. The van der Waals surface area contributed by atoms with Gasteiger partial charge in [-0.2, -0.15) is 5.26 Å². The number of hydrogen-bond donors (Lipinski definition) is 1. The molecule has 1 aliphatic carbocycles. The maximum atomic E-state index is 12.8. The molecular formula is C27H32N6OS. The van der Waals surface area contributed by atoms with Gasteiger partial charge in [0, 0.05) is 42.7 Å². The summed E-state index contributed by atoms with van der Waals surface area (Å²) < 4.78 is 0. The number of fused-ring (bicyclic) bond motifs is 3. The zero-order chi connectivity index (χ0) is 24.5. The number of piperazine rings is 1. The van der Waals surface area contributed by atoms with E-state index in [1.165, 1.54) is 22.2 Å². The van der Waals surface area contributed by atoms with E-state index < -0.39 is 0 Å². The third-order valence-electron chi connectivity index (χ3n) is 7.34. The van der Waals surface area contributed by atoms with E-state index in [1.807, 2.05) is 16.2 Å². The molecule has 2 aliphatic rings. The highest BCUT2D eigenvalue weighted by Gasteiger charge is 2.29. The van der Waals surface area contributed by atoms with Gasteiger partial charge in [0.25, 0.3) is 0 Å². The molecule has 35 heavy (non-hydrogen) atoms. The predicted molar refractivity (Wildman–Crippen MR) is 141 cm³/mol. The van der Waals surface area contributed by atoms with E-state index in [-0.39, 0.29) is 6.03 Å². The molecule has 1 aliphatic heterocycles. The van der Waals surface area contributed by atoms with Gasteiger partial charge in [0.1, 0.15) is 16.5 Å². The molecular weight excluding hydrogens is 456 g/mol. The monoisotopic (exact) mass is 488 g/mol. The average Bonchev–Trinajstić information content (AvgIpc) is 3.25. The van der Waals surface area contributed by atoms with Crippen LogP contribution >= 0.6 is 11.3 Å². The highest BCUT2D eigenvalue weighted by atomic mass is 32.1. The fourth-order valence-corrected chi connectivity index (χ4v) is 6.31. The van der Waals surface area contributed by atoms with Gasteiger partial charge < -0.3 is 15.1 Å². The number of nitrogens with zero attached hydrogens (tertiary/aromatic N) is 5. The summed E-state index contributed by atoms with van der Waals surface area (Å²) in [5.41, 5.74) is 2.73. The number of thiophene rings is 1. The van der Waals surface area contributed by atoms with Gasteiger partial charge in [0.2, 0.25) is 0 Å². The summed E-state index contributed by atoms with van der Waals surface area (Å²) in [5.74, 6) is 3.03. The number of aromatic nitrogens is 2. The number of urea groups is 1. The largest absolute Gasteiger partial charge is 0.352 e. The van der Waals surface area contributed by atoms with Gasteiger partial charge >= 0.3 is 6.03 Å². The molecule has 0 unspecified atom stereocenters. The summed E-state index contributed by atoms with van der Waals surface area (Å²) in [7, 11) is 0. The number of aryl methyl sites for hydroxylation is 1. The quantitative estimate of drug-likeness (QED) is 0.520. The summed E-state index contributed by atoms with van der Waals surface area (Å²) in [6.45, 7) is 9.48. The summed E-state index contributed by atoms with van der Waals surface area (Å²) in [5, 5.41) is 13.2. The maximum Gasteiger partial charge on any atom is 0.321 e. The fraction of sp³-hybridized carbons (Fsp3) is 0.481. The Morgan fingerprint density at radius 2 is 1.97 bits per heavy atom. The molecule has 1 aromatic carbocycles. The molecule has 2 amide bonds. The van der Waals surface area contributed by atoms with E-state index in [0.717, 1.165) is 54.7 Å². The van der Waals surface area contributed by atoms with Gasteiger partial charge in [-0.05, 0) is 61.4 Å². The molecule has 3 heterocycles. The average molecular weight is 489 g/mol. The predicted octanol–water partition coefficient (Wildman–Crippen LogP) is 5.56. The number of rotatable bonds is 4. The molecule has 0 saturated carbocycles. The first-order chi connectivity index (χ1) is 17.0. The number of hydrogen-bond acceptors (Lipinski definition) is 6. The molecule has 5 rings (SSSR count). The smallest absolute Gasteiger partial charge is 0.321 e. The van der Waals surface area contributed by atoms with Crippen molar-refractivity contribution in [2.24, 2.45) is 5.92 Å². The molecule has 1 fully saturated rings. The normalized spacial score (nSPS) is 18.7. The first-order valence-corrected chi connectivity index (χ1v) is 13.4. The number of benzene rings is 1. The lowest BCUT2D eigenvalue weighted by atomic mass is 9.89. The van der Waals surface area contributed by atoms with Crippen molar-refractivity contribution in [2.45, 2.75) is 52.4 Å². The van der Waals surface area contributed by atoms with Crippen molar-refractivity contribution < 1.29 is 4.79 Å². The minimum absolute atomic E-state index is 0.107. The van der Waals surface area contributed by atoms with Crippen molar-refractivity contribution in [3.8, 4) is 6.07 Å². The van der Waals surface area contributed by atoms with Crippen LogP contribution in [0.25, 0.3) is 10.2 Å². The number of nitriles is 1. The van der Waals surface area contributed by atoms with Crippen LogP contribution in [0.15, 0.2) is 24.3 Å². The first-order valence-electron chi connectivity index (χ1n) is 12.6. The van der Waals surface area contributed by atoms with Crippen LogP contribution in [0, 0.1) is 17.2 Å². The summed E-state index contributed by atoms with van der Waals surface area (Å²) in [6, 6.07) is 8.95. The molecule has 3 aromatic rings. The van der Waals surface area contributed by atoms with E-state index in [4.69, 9.17) is 15.2 Å². The van der Waals surface area contributed by atoms with Crippen LogP contribution < -0.4 is 10.2 Å². The molecule has 7 nitrogen and oxygen atoms in total. The zero-order valence-electron chi connectivity index (χ0n) is 20.7. The van der Waals surface area contributed by atoms with Gasteiger partial charge in [-0.3, -0.25) is 0 Å². The summed E-state index contributed by atoms with van der Waals surface area (Å²) >= 11 is 1.86. The number of amides is 2. The first kappa shape index (κ1) is 23.6. The van der Waals surface area contributed by atoms with Crippen molar-refractivity contribution in [3.05, 3.63) is 46.1 Å². The Balaban J connectivity index is 1.37. The molecule has 2 atom stereocenters. The van der Waals surface area contributed by atoms with Crippen LogP contribution in [-0.4, -0.2) is 47.1 Å². The summed E-state index contributed by atoms with van der Waals surface area (Å²) in [6.07, 6.45) is 4.46. The number of carbonyl (C=O) groups is 1. The molecule has 1 saturated heterocycles. The van der Waals surface area contributed by atoms with E-state index in [9.17, 15) is 4.79 Å². The second-order valence-electron chi connectivity index (χ2n) is 9.84. The van der Waals surface area contributed by atoms with Gasteiger partial charge in [-0.15, -0.1) is 11.3 Å². The second kappa shape index (κ2) is 9.82. The van der Waals surface area contributed by atoms with Gasteiger partial charge in [0.05, 0.1) is 17.0 Å². The van der Waals surface area contributed by atoms with Crippen molar-refractivity contribution >= 4 is 39.1 Å². The SMILES string of the molecule is CC[C@H](C)c1nc(N2CCN(C(=O)Nc3ccc(C#N)cc3)CC2)c2c3c(sc2n1)C[C@@H](C)CC3. The number of nitrogens with one attached hydrogen (secondary N) is 1. The van der Waals surface area contributed by atoms with Gasteiger partial charge in [-0.1, -0.05) is 20.8 Å². The van der Waals surface area contributed by atoms with Crippen LogP contribution in [0.5, 0.6) is 0 Å².